The van der Waals surface area contributed by atoms with Crippen LogP contribution in [0.1, 0.15) is 17.7 Å². The van der Waals surface area contributed by atoms with Crippen LogP contribution >= 0.6 is 27.5 Å². The molecule has 1 heterocycles. The fourth-order valence-corrected chi connectivity index (χ4v) is 1.99. The Kier molecular flexibility index (Phi) is 4.61. The maximum absolute atomic E-state index is 12.7. The number of hydrogen-bond acceptors (Lipinski definition) is 3. The summed E-state index contributed by atoms with van der Waals surface area (Å²) in [6, 6.07) is 1.25. The number of rotatable bonds is 3. The van der Waals surface area contributed by atoms with Gasteiger partial charge in [-0.05, 0) is 22.0 Å². The first kappa shape index (κ1) is 13.3. The van der Waals surface area contributed by atoms with E-state index in [2.05, 4.69) is 25.7 Å². The van der Waals surface area contributed by atoms with Gasteiger partial charge in [-0.1, -0.05) is 11.6 Å². The highest BCUT2D eigenvalue weighted by atomic mass is 79.9. The Morgan fingerprint density at radius 2 is 2.31 bits per heavy atom. The summed E-state index contributed by atoms with van der Waals surface area (Å²) in [5, 5.41) is -0.129. The summed E-state index contributed by atoms with van der Waals surface area (Å²) in [6.07, 6.45) is -3.12. The van der Waals surface area contributed by atoms with Gasteiger partial charge in [0.25, 0.3) is 6.43 Å². The first-order valence-electron chi connectivity index (χ1n) is 4.15. The van der Waals surface area contributed by atoms with Crippen LogP contribution in [-0.4, -0.2) is 18.1 Å². The molecular weight excluding hydrogens is 307 g/mol. The minimum absolute atomic E-state index is 0.0822. The third-order valence-corrected chi connectivity index (χ3v) is 2.53. The van der Waals surface area contributed by atoms with Gasteiger partial charge in [0.05, 0.1) is 29.8 Å². The predicted molar refractivity (Wildman–Crippen MR) is 57.6 cm³/mol. The summed E-state index contributed by atoms with van der Waals surface area (Å²) < 4.78 is 30.0. The molecule has 1 aromatic heterocycles. The predicted octanol–water partition coefficient (Wildman–Crippen LogP) is 3.15. The van der Waals surface area contributed by atoms with Gasteiger partial charge in [0.2, 0.25) is 0 Å². The molecule has 0 aliphatic carbocycles. The van der Waals surface area contributed by atoms with Crippen molar-refractivity contribution in [2.75, 3.05) is 7.11 Å². The molecule has 0 aromatic carbocycles. The number of halogens is 4. The summed E-state index contributed by atoms with van der Waals surface area (Å²) in [7, 11) is 1.17. The van der Waals surface area contributed by atoms with Crippen LogP contribution in [0.4, 0.5) is 8.78 Å². The molecule has 0 saturated carbocycles. The molecule has 0 aliphatic rings. The highest BCUT2D eigenvalue weighted by molar-refractivity contribution is 9.10. The van der Waals surface area contributed by atoms with E-state index in [9.17, 15) is 13.6 Å². The van der Waals surface area contributed by atoms with E-state index in [1.54, 1.807) is 0 Å². The molecule has 0 N–H and O–H groups in total. The van der Waals surface area contributed by atoms with Gasteiger partial charge >= 0.3 is 5.97 Å². The van der Waals surface area contributed by atoms with Gasteiger partial charge in [-0.15, -0.1) is 0 Å². The standard InChI is InChI=1S/C9H7BrClF2NO2/c1-16-7(15)3-5-8(9(12)13)4(11)2-6(10)14-5/h2,9H,3H2,1H3. The maximum Gasteiger partial charge on any atom is 0.311 e. The van der Waals surface area contributed by atoms with E-state index >= 15 is 0 Å². The van der Waals surface area contributed by atoms with E-state index < -0.39 is 18.0 Å². The van der Waals surface area contributed by atoms with Crippen molar-refractivity contribution in [2.24, 2.45) is 0 Å². The molecule has 0 amide bonds. The van der Waals surface area contributed by atoms with Gasteiger partial charge < -0.3 is 4.74 Å². The summed E-state index contributed by atoms with van der Waals surface area (Å²) >= 11 is 8.67. The molecule has 1 aromatic rings. The molecule has 0 atom stereocenters. The van der Waals surface area contributed by atoms with E-state index in [1.807, 2.05) is 0 Å². The van der Waals surface area contributed by atoms with Crippen LogP contribution in [-0.2, 0) is 16.0 Å². The van der Waals surface area contributed by atoms with Gasteiger partial charge in [-0.25, -0.2) is 13.8 Å². The molecule has 0 unspecified atom stereocenters. The van der Waals surface area contributed by atoms with Gasteiger partial charge in [-0.2, -0.15) is 0 Å². The van der Waals surface area contributed by atoms with Crippen molar-refractivity contribution in [1.29, 1.82) is 0 Å². The highest BCUT2D eigenvalue weighted by Crippen LogP contribution is 2.31. The lowest BCUT2D eigenvalue weighted by Gasteiger charge is -2.09. The summed E-state index contributed by atoms with van der Waals surface area (Å²) in [4.78, 5) is 14.8. The first-order valence-corrected chi connectivity index (χ1v) is 5.32. The number of pyridine rings is 1. The Hall–Kier alpha value is -0.750. The Bertz CT molecular complexity index is 415. The van der Waals surface area contributed by atoms with E-state index in [1.165, 1.54) is 13.2 Å². The number of alkyl halides is 2. The smallest absolute Gasteiger partial charge is 0.311 e. The summed E-state index contributed by atoms with van der Waals surface area (Å²) in [6.45, 7) is 0. The Balaban J connectivity index is 3.18. The third-order valence-electron chi connectivity index (χ3n) is 1.81. The van der Waals surface area contributed by atoms with Crippen molar-refractivity contribution in [2.45, 2.75) is 12.8 Å². The second kappa shape index (κ2) is 5.54. The zero-order valence-electron chi connectivity index (χ0n) is 8.14. The minimum atomic E-state index is -2.78. The fourth-order valence-electron chi connectivity index (χ4n) is 1.12. The Labute approximate surface area is 104 Å². The lowest BCUT2D eigenvalue weighted by Crippen LogP contribution is -2.10. The third kappa shape index (κ3) is 3.12. The van der Waals surface area contributed by atoms with E-state index in [4.69, 9.17) is 11.6 Å². The van der Waals surface area contributed by atoms with Crippen LogP contribution in [0.15, 0.2) is 10.7 Å². The van der Waals surface area contributed by atoms with Crippen molar-refractivity contribution in [3.8, 4) is 0 Å². The zero-order chi connectivity index (χ0) is 12.3. The molecule has 0 aliphatic heterocycles. The molecule has 88 valence electrons. The van der Waals surface area contributed by atoms with Gasteiger partial charge in [0.15, 0.2) is 0 Å². The summed E-state index contributed by atoms with van der Waals surface area (Å²) in [5.41, 5.74) is -0.517. The number of hydrogen-bond donors (Lipinski definition) is 0. The van der Waals surface area contributed by atoms with Gasteiger partial charge in [-0.3, -0.25) is 4.79 Å². The van der Waals surface area contributed by atoms with Gasteiger partial charge in [0, 0.05) is 0 Å². The molecule has 16 heavy (non-hydrogen) atoms. The second-order valence-corrected chi connectivity index (χ2v) is 4.06. The number of esters is 1. The molecule has 7 heteroatoms. The van der Waals surface area contributed by atoms with Crippen LogP contribution in [0.5, 0.6) is 0 Å². The van der Waals surface area contributed by atoms with Crippen molar-refractivity contribution in [3.63, 3.8) is 0 Å². The average Bonchev–Trinajstić information content (AvgIpc) is 2.15. The lowest BCUT2D eigenvalue weighted by molar-refractivity contribution is -0.139. The van der Waals surface area contributed by atoms with E-state index in [0.717, 1.165) is 0 Å². The van der Waals surface area contributed by atoms with Crippen LogP contribution in [0, 0.1) is 0 Å². The summed E-state index contributed by atoms with van der Waals surface area (Å²) in [5.74, 6) is -0.649. The Morgan fingerprint density at radius 3 is 2.81 bits per heavy atom. The first-order chi connectivity index (χ1) is 7.45. The SMILES string of the molecule is COC(=O)Cc1nc(Br)cc(Cl)c1C(F)F. The second-order valence-electron chi connectivity index (χ2n) is 2.84. The zero-order valence-corrected chi connectivity index (χ0v) is 10.5. The molecular formula is C9H7BrClF2NO2. The Morgan fingerprint density at radius 1 is 1.69 bits per heavy atom. The van der Waals surface area contributed by atoms with E-state index in [0.29, 0.717) is 4.60 Å². The minimum Gasteiger partial charge on any atom is -0.469 e. The quantitative estimate of drug-likeness (QED) is 0.635. The van der Waals surface area contributed by atoms with Crippen molar-refractivity contribution in [3.05, 3.63) is 26.9 Å². The van der Waals surface area contributed by atoms with E-state index in [-0.39, 0.29) is 17.1 Å². The normalized spacial score (nSPS) is 10.6. The van der Waals surface area contributed by atoms with Crippen LogP contribution in [0.25, 0.3) is 0 Å². The van der Waals surface area contributed by atoms with Crippen molar-refractivity contribution in [1.82, 2.24) is 4.98 Å². The highest BCUT2D eigenvalue weighted by Gasteiger charge is 2.21. The lowest BCUT2D eigenvalue weighted by atomic mass is 10.1. The fraction of sp³-hybridized carbons (Fsp3) is 0.333. The van der Waals surface area contributed by atoms with Crippen LogP contribution in [0.2, 0.25) is 5.02 Å². The molecule has 0 fully saturated rings. The number of aromatic nitrogens is 1. The van der Waals surface area contributed by atoms with Crippen molar-refractivity contribution >= 4 is 33.5 Å². The number of ether oxygens (including phenoxy) is 1. The number of methoxy groups -OCH3 is 1. The largest absolute Gasteiger partial charge is 0.469 e. The van der Waals surface area contributed by atoms with Crippen LogP contribution in [0.3, 0.4) is 0 Å². The maximum atomic E-state index is 12.7. The van der Waals surface area contributed by atoms with Crippen molar-refractivity contribution < 1.29 is 18.3 Å². The molecule has 3 nitrogen and oxygen atoms in total. The number of carbonyl (C=O) groups excluding carboxylic acids is 1. The van der Waals surface area contributed by atoms with Crippen LogP contribution < -0.4 is 0 Å². The molecule has 1 rings (SSSR count). The monoisotopic (exact) mass is 313 g/mol. The molecule has 0 saturated heterocycles. The average molecular weight is 315 g/mol. The molecule has 0 bridgehead atoms. The van der Waals surface area contributed by atoms with Gasteiger partial charge in [0.1, 0.15) is 4.60 Å². The molecule has 0 radical (unpaired) electrons. The molecule has 0 spiro atoms. The number of nitrogens with zero attached hydrogens (tertiary/aromatic N) is 1. The number of carbonyl (C=O) groups is 1. The topological polar surface area (TPSA) is 39.2 Å².